The Morgan fingerprint density at radius 1 is 1.30 bits per heavy atom. The standard InChI is InChI=1S/C20H30F2N4O4/c1-12-6-15-14(9-25(12)19(28)30-20(2,3)4)17-18(27)24(5)7-13(8-26(17)23-15)10-29-11-16(21)22/h12-13,16H,6-11H2,1-5H3/t12-,13-/m1/s1. The molecule has 2 aliphatic rings. The zero-order chi connectivity index (χ0) is 22.2. The van der Waals surface area contributed by atoms with Crippen molar-refractivity contribution >= 4 is 12.0 Å². The summed E-state index contributed by atoms with van der Waals surface area (Å²) in [5.74, 6) is -0.349. The van der Waals surface area contributed by atoms with Crippen LogP contribution in [0.4, 0.5) is 13.6 Å². The van der Waals surface area contributed by atoms with Crippen molar-refractivity contribution in [2.45, 2.75) is 65.3 Å². The molecule has 0 saturated carbocycles. The van der Waals surface area contributed by atoms with E-state index in [0.29, 0.717) is 25.2 Å². The molecule has 3 rings (SSSR count). The maximum absolute atomic E-state index is 13.1. The molecular weight excluding hydrogens is 398 g/mol. The van der Waals surface area contributed by atoms with Gasteiger partial charge in [-0.25, -0.2) is 13.6 Å². The first-order valence-electron chi connectivity index (χ1n) is 10.2. The lowest BCUT2D eigenvalue weighted by Gasteiger charge is -2.34. The van der Waals surface area contributed by atoms with Gasteiger partial charge in [-0.15, -0.1) is 0 Å². The summed E-state index contributed by atoms with van der Waals surface area (Å²) in [6.07, 6.45) is -2.44. The van der Waals surface area contributed by atoms with E-state index in [1.165, 1.54) is 0 Å². The van der Waals surface area contributed by atoms with Crippen LogP contribution >= 0.6 is 0 Å². The lowest BCUT2D eigenvalue weighted by atomic mass is 9.99. The molecule has 0 saturated heterocycles. The Hall–Kier alpha value is -2.23. The van der Waals surface area contributed by atoms with Crippen molar-refractivity contribution in [2.75, 3.05) is 26.8 Å². The van der Waals surface area contributed by atoms with E-state index in [1.807, 2.05) is 27.7 Å². The van der Waals surface area contributed by atoms with Crippen molar-refractivity contribution in [3.8, 4) is 0 Å². The molecule has 3 heterocycles. The fraction of sp³-hybridized carbons (Fsp3) is 0.750. The second-order valence-electron chi connectivity index (χ2n) is 9.10. The highest BCUT2D eigenvalue weighted by molar-refractivity contribution is 5.94. The Morgan fingerprint density at radius 2 is 2.00 bits per heavy atom. The number of carbonyl (C=O) groups is 2. The molecule has 168 valence electrons. The molecule has 0 aromatic carbocycles. The predicted molar refractivity (Wildman–Crippen MR) is 104 cm³/mol. The van der Waals surface area contributed by atoms with E-state index in [1.54, 1.807) is 21.5 Å². The van der Waals surface area contributed by atoms with E-state index in [-0.39, 0.29) is 31.0 Å². The number of carbonyl (C=O) groups excluding carboxylic acids is 2. The van der Waals surface area contributed by atoms with Gasteiger partial charge in [-0.05, 0) is 27.7 Å². The summed E-state index contributed by atoms with van der Waals surface area (Å²) in [6.45, 7) is 7.86. The second-order valence-corrected chi connectivity index (χ2v) is 9.10. The molecule has 1 aromatic heterocycles. The van der Waals surface area contributed by atoms with Crippen LogP contribution < -0.4 is 0 Å². The Bertz CT molecular complexity index is 805. The first kappa shape index (κ1) is 22.5. The molecule has 0 fully saturated rings. The molecule has 0 radical (unpaired) electrons. The molecule has 2 amide bonds. The SMILES string of the molecule is C[C@@H]1Cc2nn3c(c2CN1C(=O)OC(C)(C)C)C(=O)N(C)C[C@@H](COCC(F)F)C3. The number of aromatic nitrogens is 2. The van der Waals surface area contributed by atoms with Crippen LogP contribution in [0.5, 0.6) is 0 Å². The number of alkyl halides is 2. The van der Waals surface area contributed by atoms with E-state index in [4.69, 9.17) is 9.47 Å². The first-order chi connectivity index (χ1) is 14.0. The number of nitrogens with zero attached hydrogens (tertiary/aromatic N) is 4. The summed E-state index contributed by atoms with van der Waals surface area (Å²) in [5.41, 5.74) is 1.34. The summed E-state index contributed by atoms with van der Waals surface area (Å²) < 4.78 is 37.1. The molecule has 0 aliphatic carbocycles. The van der Waals surface area contributed by atoms with E-state index >= 15 is 0 Å². The zero-order valence-electron chi connectivity index (χ0n) is 18.2. The fourth-order valence-electron chi connectivity index (χ4n) is 3.91. The second kappa shape index (κ2) is 8.49. The highest BCUT2D eigenvalue weighted by Crippen LogP contribution is 2.30. The molecule has 8 nitrogen and oxygen atoms in total. The topological polar surface area (TPSA) is 76.9 Å². The molecule has 2 aliphatic heterocycles. The van der Waals surface area contributed by atoms with Crippen molar-refractivity contribution < 1.29 is 27.8 Å². The van der Waals surface area contributed by atoms with E-state index in [0.717, 1.165) is 11.3 Å². The van der Waals surface area contributed by atoms with Gasteiger partial charge in [0.1, 0.15) is 17.9 Å². The van der Waals surface area contributed by atoms with E-state index in [2.05, 4.69) is 5.10 Å². The normalized spacial score (nSPS) is 22.1. The highest BCUT2D eigenvalue weighted by Gasteiger charge is 2.38. The van der Waals surface area contributed by atoms with E-state index < -0.39 is 24.7 Å². The lowest BCUT2D eigenvalue weighted by Crippen LogP contribution is -2.45. The van der Waals surface area contributed by atoms with Gasteiger partial charge in [0.15, 0.2) is 0 Å². The van der Waals surface area contributed by atoms with Crippen LogP contribution in [0.3, 0.4) is 0 Å². The van der Waals surface area contributed by atoms with Gasteiger partial charge in [-0.3, -0.25) is 9.48 Å². The third kappa shape index (κ3) is 4.91. The number of ether oxygens (including phenoxy) is 2. The molecule has 0 spiro atoms. The Kier molecular flexibility index (Phi) is 6.35. The molecule has 10 heteroatoms. The molecule has 1 aromatic rings. The minimum atomic E-state index is -2.52. The van der Waals surface area contributed by atoms with Gasteiger partial charge in [-0.1, -0.05) is 0 Å². The number of hydrogen-bond donors (Lipinski definition) is 0. The summed E-state index contributed by atoms with van der Waals surface area (Å²) in [4.78, 5) is 28.9. The summed E-state index contributed by atoms with van der Waals surface area (Å²) in [5, 5.41) is 4.64. The number of hydrogen-bond acceptors (Lipinski definition) is 5. The number of fused-ring (bicyclic) bond motifs is 3. The van der Waals surface area contributed by atoms with Gasteiger partial charge in [0.2, 0.25) is 0 Å². The van der Waals surface area contributed by atoms with Gasteiger partial charge < -0.3 is 19.3 Å². The van der Waals surface area contributed by atoms with Crippen molar-refractivity contribution in [3.05, 3.63) is 17.0 Å². The van der Waals surface area contributed by atoms with Gasteiger partial charge in [-0.2, -0.15) is 5.10 Å². The monoisotopic (exact) mass is 428 g/mol. The maximum atomic E-state index is 13.1. The molecule has 0 N–H and O–H groups in total. The van der Waals surface area contributed by atoms with Crippen LogP contribution in [0, 0.1) is 5.92 Å². The number of halogens is 2. The van der Waals surface area contributed by atoms with Gasteiger partial charge >= 0.3 is 6.09 Å². The minimum absolute atomic E-state index is 0.117. The van der Waals surface area contributed by atoms with Crippen molar-refractivity contribution in [2.24, 2.45) is 5.92 Å². The third-order valence-electron chi connectivity index (χ3n) is 5.22. The summed E-state index contributed by atoms with van der Waals surface area (Å²) in [6, 6.07) is -0.121. The summed E-state index contributed by atoms with van der Waals surface area (Å²) in [7, 11) is 1.68. The maximum Gasteiger partial charge on any atom is 0.410 e. The number of amides is 2. The van der Waals surface area contributed by atoms with Crippen molar-refractivity contribution in [3.63, 3.8) is 0 Å². The Balaban J connectivity index is 1.84. The van der Waals surface area contributed by atoms with E-state index in [9.17, 15) is 18.4 Å². The average molecular weight is 428 g/mol. The van der Waals surface area contributed by atoms with Crippen LogP contribution in [-0.4, -0.2) is 76.5 Å². The number of rotatable bonds is 4. The van der Waals surface area contributed by atoms with Crippen LogP contribution in [0.1, 0.15) is 49.4 Å². The Labute approximate surface area is 175 Å². The van der Waals surface area contributed by atoms with Crippen LogP contribution in [0.2, 0.25) is 0 Å². The smallest absolute Gasteiger partial charge is 0.410 e. The molecule has 0 bridgehead atoms. The van der Waals surface area contributed by atoms with Gasteiger partial charge in [0.05, 0.1) is 18.8 Å². The summed E-state index contributed by atoms with van der Waals surface area (Å²) >= 11 is 0. The first-order valence-corrected chi connectivity index (χ1v) is 10.2. The minimum Gasteiger partial charge on any atom is -0.444 e. The van der Waals surface area contributed by atoms with Crippen LogP contribution in [-0.2, 0) is 29.0 Å². The average Bonchev–Trinajstić information content (AvgIpc) is 2.89. The third-order valence-corrected chi connectivity index (χ3v) is 5.22. The molecular formula is C20H30F2N4O4. The Morgan fingerprint density at radius 3 is 2.63 bits per heavy atom. The molecule has 2 atom stereocenters. The van der Waals surface area contributed by atoms with Crippen LogP contribution in [0.25, 0.3) is 0 Å². The lowest BCUT2D eigenvalue weighted by molar-refractivity contribution is -0.00113. The van der Waals surface area contributed by atoms with Crippen molar-refractivity contribution in [1.29, 1.82) is 0 Å². The van der Waals surface area contributed by atoms with Gasteiger partial charge in [0, 0.05) is 44.1 Å². The van der Waals surface area contributed by atoms with Gasteiger partial charge in [0.25, 0.3) is 12.3 Å². The zero-order valence-corrected chi connectivity index (χ0v) is 18.2. The molecule has 0 unspecified atom stereocenters. The van der Waals surface area contributed by atoms with Crippen molar-refractivity contribution in [1.82, 2.24) is 19.6 Å². The highest BCUT2D eigenvalue weighted by atomic mass is 19.3. The predicted octanol–water partition coefficient (Wildman–Crippen LogP) is 2.55. The molecule has 30 heavy (non-hydrogen) atoms. The largest absolute Gasteiger partial charge is 0.444 e. The van der Waals surface area contributed by atoms with Crippen LogP contribution in [0.15, 0.2) is 0 Å². The quantitative estimate of drug-likeness (QED) is 0.737. The fourth-order valence-corrected chi connectivity index (χ4v) is 3.91.